The monoisotopic (exact) mass is 320 g/mol. The van der Waals surface area contributed by atoms with Crippen LogP contribution in [0.5, 0.6) is 5.75 Å². The minimum absolute atomic E-state index is 0.477. The first-order valence-electron chi connectivity index (χ1n) is 8.96. The van der Waals surface area contributed by atoms with Crippen molar-refractivity contribution in [3.05, 3.63) is 65.7 Å². The van der Waals surface area contributed by atoms with Crippen LogP contribution in [-0.4, -0.2) is 24.5 Å². The van der Waals surface area contributed by atoms with Gasteiger partial charge in [-0.15, -0.1) is 0 Å². The molecule has 0 bridgehead atoms. The molecule has 3 heteroatoms. The molecule has 1 aliphatic carbocycles. The number of nitrogens with one attached hydrogen (secondary N) is 1. The molecule has 4 rings (SSSR count). The molecule has 2 atom stereocenters. The third kappa shape index (κ3) is 3.61. The first-order valence-corrected chi connectivity index (χ1v) is 8.96. The Balaban J connectivity index is 1.31. The fourth-order valence-corrected chi connectivity index (χ4v) is 3.65. The molecule has 1 N–H and O–H groups in total. The molecule has 2 aromatic carbocycles. The van der Waals surface area contributed by atoms with Gasteiger partial charge < -0.3 is 10.1 Å². The largest absolute Gasteiger partial charge is 0.486 e. The van der Waals surface area contributed by atoms with Gasteiger partial charge in [-0.3, -0.25) is 4.99 Å². The van der Waals surface area contributed by atoms with E-state index in [2.05, 4.69) is 59.9 Å². The van der Waals surface area contributed by atoms with Crippen LogP contribution < -0.4 is 10.1 Å². The molecule has 1 saturated carbocycles. The number of fused-ring (bicyclic) bond motifs is 1. The molecule has 2 aliphatic rings. The molecule has 1 aliphatic heterocycles. The lowest BCUT2D eigenvalue weighted by Gasteiger charge is -2.23. The molecule has 0 amide bonds. The standard InChI is InChI=1S/C21H24N2O/c1-2-6-16(7-3-1)14-17-10-12-18(13-11-17)24-15-21-22-19-8-4-5-9-20(19)23-21/h1-3,6-7,10-13,19-20H,4-5,8-9,14-15H2,(H,22,23). The van der Waals surface area contributed by atoms with Gasteiger partial charge in [0, 0.05) is 6.04 Å². The lowest BCUT2D eigenvalue weighted by Crippen LogP contribution is -2.38. The second-order valence-electron chi connectivity index (χ2n) is 6.77. The summed E-state index contributed by atoms with van der Waals surface area (Å²) in [6.07, 6.45) is 6.05. The van der Waals surface area contributed by atoms with E-state index < -0.39 is 0 Å². The van der Waals surface area contributed by atoms with Crippen LogP contribution in [0.4, 0.5) is 0 Å². The Hall–Kier alpha value is -2.29. The maximum Gasteiger partial charge on any atom is 0.145 e. The van der Waals surface area contributed by atoms with Crippen molar-refractivity contribution >= 4 is 5.84 Å². The molecule has 0 saturated heterocycles. The van der Waals surface area contributed by atoms with Crippen LogP contribution in [0.2, 0.25) is 0 Å². The van der Waals surface area contributed by atoms with Crippen LogP contribution in [0.1, 0.15) is 36.8 Å². The van der Waals surface area contributed by atoms with Crippen LogP contribution >= 0.6 is 0 Å². The van der Waals surface area contributed by atoms with Crippen LogP contribution in [0, 0.1) is 0 Å². The fraction of sp³-hybridized carbons (Fsp3) is 0.381. The van der Waals surface area contributed by atoms with E-state index >= 15 is 0 Å². The summed E-state index contributed by atoms with van der Waals surface area (Å²) in [4.78, 5) is 4.78. The van der Waals surface area contributed by atoms with E-state index in [1.807, 2.05) is 0 Å². The van der Waals surface area contributed by atoms with E-state index in [0.29, 0.717) is 18.7 Å². The predicted octanol–water partition coefficient (Wildman–Crippen LogP) is 3.97. The molecule has 24 heavy (non-hydrogen) atoms. The topological polar surface area (TPSA) is 33.6 Å². The molecule has 0 aromatic heterocycles. The van der Waals surface area contributed by atoms with Crippen LogP contribution in [-0.2, 0) is 6.42 Å². The number of amidine groups is 1. The summed E-state index contributed by atoms with van der Waals surface area (Å²) in [6.45, 7) is 0.547. The van der Waals surface area contributed by atoms with Crippen molar-refractivity contribution in [2.24, 2.45) is 4.99 Å². The number of rotatable bonds is 5. The zero-order chi connectivity index (χ0) is 16.2. The highest BCUT2D eigenvalue weighted by Gasteiger charge is 2.30. The fourth-order valence-electron chi connectivity index (χ4n) is 3.65. The highest BCUT2D eigenvalue weighted by molar-refractivity contribution is 5.86. The summed E-state index contributed by atoms with van der Waals surface area (Å²) in [5.41, 5.74) is 2.63. The molecular formula is C21H24N2O. The van der Waals surface area contributed by atoms with Gasteiger partial charge in [0.05, 0.1) is 6.04 Å². The van der Waals surface area contributed by atoms with E-state index in [4.69, 9.17) is 9.73 Å². The first-order chi connectivity index (χ1) is 11.9. The average molecular weight is 320 g/mol. The Bertz CT molecular complexity index is 694. The number of hydrogen-bond donors (Lipinski definition) is 1. The predicted molar refractivity (Wildman–Crippen MR) is 97.8 cm³/mol. The Kier molecular flexibility index (Phi) is 4.50. The second-order valence-corrected chi connectivity index (χ2v) is 6.77. The second kappa shape index (κ2) is 7.08. The molecule has 1 heterocycles. The van der Waals surface area contributed by atoms with Crippen molar-refractivity contribution in [3.63, 3.8) is 0 Å². The van der Waals surface area contributed by atoms with Crippen molar-refractivity contribution in [3.8, 4) is 5.75 Å². The summed E-state index contributed by atoms with van der Waals surface area (Å²) in [6, 6.07) is 20.0. The zero-order valence-electron chi connectivity index (χ0n) is 13.9. The normalized spacial score (nSPS) is 22.4. The summed E-state index contributed by atoms with van der Waals surface area (Å²) >= 11 is 0. The molecule has 0 spiro atoms. The van der Waals surface area contributed by atoms with E-state index in [-0.39, 0.29) is 0 Å². The van der Waals surface area contributed by atoms with E-state index in [1.165, 1.54) is 36.8 Å². The van der Waals surface area contributed by atoms with E-state index in [1.54, 1.807) is 0 Å². The summed E-state index contributed by atoms with van der Waals surface area (Å²) in [5, 5.41) is 3.53. The van der Waals surface area contributed by atoms with Gasteiger partial charge >= 0.3 is 0 Å². The molecule has 124 valence electrons. The maximum atomic E-state index is 5.91. The van der Waals surface area contributed by atoms with Crippen LogP contribution in [0.25, 0.3) is 0 Å². The van der Waals surface area contributed by atoms with Crippen molar-refractivity contribution in [2.75, 3.05) is 6.61 Å². The van der Waals surface area contributed by atoms with Gasteiger partial charge in [0.2, 0.25) is 0 Å². The Morgan fingerprint density at radius 2 is 1.67 bits per heavy atom. The number of aliphatic imine (C=N–C) groups is 1. The van der Waals surface area contributed by atoms with Crippen LogP contribution in [0.3, 0.4) is 0 Å². The van der Waals surface area contributed by atoms with E-state index in [9.17, 15) is 0 Å². The third-order valence-corrected chi connectivity index (χ3v) is 4.95. The minimum Gasteiger partial charge on any atom is -0.486 e. The van der Waals surface area contributed by atoms with Gasteiger partial charge in [0.1, 0.15) is 18.2 Å². The van der Waals surface area contributed by atoms with Gasteiger partial charge in [-0.25, -0.2) is 0 Å². The van der Waals surface area contributed by atoms with Gasteiger partial charge in [0.15, 0.2) is 0 Å². The van der Waals surface area contributed by atoms with Gasteiger partial charge in [-0.1, -0.05) is 55.3 Å². The first kappa shape index (κ1) is 15.3. The number of nitrogens with zero attached hydrogens (tertiary/aromatic N) is 1. The zero-order valence-corrected chi connectivity index (χ0v) is 13.9. The van der Waals surface area contributed by atoms with Crippen molar-refractivity contribution in [2.45, 2.75) is 44.2 Å². The molecule has 3 nitrogen and oxygen atoms in total. The molecule has 0 radical (unpaired) electrons. The lowest BCUT2D eigenvalue weighted by atomic mass is 9.92. The highest BCUT2D eigenvalue weighted by atomic mass is 16.5. The number of ether oxygens (including phenoxy) is 1. The average Bonchev–Trinajstić information content (AvgIpc) is 3.05. The highest BCUT2D eigenvalue weighted by Crippen LogP contribution is 2.25. The Labute approximate surface area is 143 Å². The summed E-state index contributed by atoms with van der Waals surface area (Å²) in [7, 11) is 0. The van der Waals surface area contributed by atoms with Crippen molar-refractivity contribution in [1.29, 1.82) is 0 Å². The third-order valence-electron chi connectivity index (χ3n) is 4.95. The molecule has 2 unspecified atom stereocenters. The van der Waals surface area contributed by atoms with E-state index in [0.717, 1.165) is 18.0 Å². The SMILES string of the molecule is c1ccc(Cc2ccc(OCC3=NC4CCCCC4N3)cc2)cc1. The minimum atomic E-state index is 0.477. The van der Waals surface area contributed by atoms with Gasteiger partial charge in [-0.05, 0) is 42.5 Å². The molecule has 1 fully saturated rings. The molecular weight excluding hydrogens is 296 g/mol. The van der Waals surface area contributed by atoms with Gasteiger partial charge in [0.25, 0.3) is 0 Å². The smallest absolute Gasteiger partial charge is 0.145 e. The maximum absolute atomic E-state index is 5.91. The number of benzene rings is 2. The summed E-state index contributed by atoms with van der Waals surface area (Å²) < 4.78 is 5.91. The Morgan fingerprint density at radius 1 is 0.917 bits per heavy atom. The molecule has 2 aromatic rings. The Morgan fingerprint density at radius 3 is 2.46 bits per heavy atom. The lowest BCUT2D eigenvalue weighted by molar-refractivity contribution is 0.366. The van der Waals surface area contributed by atoms with Crippen LogP contribution in [0.15, 0.2) is 59.6 Å². The van der Waals surface area contributed by atoms with Gasteiger partial charge in [-0.2, -0.15) is 0 Å². The van der Waals surface area contributed by atoms with Crippen molar-refractivity contribution < 1.29 is 4.74 Å². The summed E-state index contributed by atoms with van der Waals surface area (Å²) in [5.74, 6) is 1.92. The quantitative estimate of drug-likeness (QED) is 0.904. The number of hydrogen-bond acceptors (Lipinski definition) is 3. The van der Waals surface area contributed by atoms with Crippen molar-refractivity contribution in [1.82, 2.24) is 5.32 Å².